The van der Waals surface area contributed by atoms with Crippen LogP contribution in [0.25, 0.3) is 0 Å². The van der Waals surface area contributed by atoms with Crippen molar-refractivity contribution in [3.63, 3.8) is 0 Å². The van der Waals surface area contributed by atoms with E-state index in [0.29, 0.717) is 5.56 Å². The summed E-state index contributed by atoms with van der Waals surface area (Å²) < 4.78 is 5.63. The Morgan fingerprint density at radius 3 is 3.12 bits per heavy atom. The van der Waals surface area contributed by atoms with E-state index >= 15 is 0 Å². The molecule has 0 aliphatic carbocycles. The van der Waals surface area contributed by atoms with Crippen molar-refractivity contribution in [1.29, 1.82) is 5.26 Å². The van der Waals surface area contributed by atoms with E-state index in [1.165, 1.54) is 0 Å². The van der Waals surface area contributed by atoms with Crippen molar-refractivity contribution in [2.75, 3.05) is 24.6 Å². The molecule has 1 unspecified atom stereocenters. The van der Waals surface area contributed by atoms with Crippen molar-refractivity contribution in [3.8, 4) is 6.07 Å². The summed E-state index contributed by atoms with van der Waals surface area (Å²) in [5, 5.41) is 8.96. The van der Waals surface area contributed by atoms with Gasteiger partial charge in [-0.05, 0) is 25.5 Å². The topological polar surface area (TPSA) is 49.2 Å². The molecule has 90 valence electrons. The zero-order valence-corrected chi connectivity index (χ0v) is 10.3. The highest BCUT2D eigenvalue weighted by Gasteiger charge is 2.20. The van der Waals surface area contributed by atoms with Crippen molar-refractivity contribution < 1.29 is 4.74 Å². The Hall–Kier alpha value is -1.60. The molecule has 1 saturated heterocycles. The van der Waals surface area contributed by atoms with E-state index in [9.17, 15) is 0 Å². The molecule has 1 aliphatic heterocycles. The first-order chi connectivity index (χ1) is 8.22. The first-order valence-electron chi connectivity index (χ1n) is 5.98. The summed E-state index contributed by atoms with van der Waals surface area (Å²) >= 11 is 0. The van der Waals surface area contributed by atoms with Crippen LogP contribution in [-0.4, -0.2) is 30.8 Å². The molecule has 0 amide bonds. The molecule has 0 N–H and O–H groups in total. The Labute approximate surface area is 102 Å². The van der Waals surface area contributed by atoms with Crippen LogP contribution < -0.4 is 4.90 Å². The fraction of sp³-hybridized carbons (Fsp3) is 0.538. The SMILES string of the molecule is CCC1CN(c2cc(C#N)cc(C)n2)CCO1. The molecular formula is C13H17N3O. The molecule has 1 fully saturated rings. The van der Waals surface area contributed by atoms with Gasteiger partial charge in [-0.3, -0.25) is 0 Å². The summed E-state index contributed by atoms with van der Waals surface area (Å²) in [5.74, 6) is 0.892. The van der Waals surface area contributed by atoms with E-state index in [-0.39, 0.29) is 6.10 Å². The first-order valence-corrected chi connectivity index (χ1v) is 5.98. The van der Waals surface area contributed by atoms with Crippen molar-refractivity contribution >= 4 is 5.82 Å². The van der Waals surface area contributed by atoms with Crippen LogP contribution in [0.5, 0.6) is 0 Å². The number of aromatic nitrogens is 1. The lowest BCUT2D eigenvalue weighted by molar-refractivity contribution is 0.0381. The Kier molecular flexibility index (Phi) is 3.60. The highest BCUT2D eigenvalue weighted by molar-refractivity contribution is 5.47. The van der Waals surface area contributed by atoms with Gasteiger partial charge in [-0.1, -0.05) is 6.92 Å². The Bertz CT molecular complexity index is 439. The average Bonchev–Trinajstić information content (AvgIpc) is 2.38. The molecule has 0 saturated carbocycles. The Morgan fingerprint density at radius 1 is 1.59 bits per heavy atom. The minimum Gasteiger partial charge on any atom is -0.375 e. The molecule has 2 heterocycles. The third-order valence-corrected chi connectivity index (χ3v) is 2.99. The molecule has 1 aromatic heterocycles. The van der Waals surface area contributed by atoms with Crippen LogP contribution in [0, 0.1) is 18.3 Å². The van der Waals surface area contributed by atoms with Crippen LogP contribution in [0.4, 0.5) is 5.82 Å². The summed E-state index contributed by atoms with van der Waals surface area (Å²) in [6.07, 6.45) is 1.28. The second-order valence-electron chi connectivity index (χ2n) is 4.31. The fourth-order valence-electron chi connectivity index (χ4n) is 2.05. The zero-order valence-electron chi connectivity index (χ0n) is 10.3. The van der Waals surface area contributed by atoms with Crippen LogP contribution in [-0.2, 0) is 4.74 Å². The Balaban J connectivity index is 2.21. The van der Waals surface area contributed by atoms with Gasteiger partial charge >= 0.3 is 0 Å². The number of anilines is 1. The summed E-state index contributed by atoms with van der Waals surface area (Å²) in [5.41, 5.74) is 1.56. The molecular weight excluding hydrogens is 214 g/mol. The van der Waals surface area contributed by atoms with Gasteiger partial charge in [-0.25, -0.2) is 4.98 Å². The highest BCUT2D eigenvalue weighted by Crippen LogP contribution is 2.18. The molecule has 0 spiro atoms. The number of morpholine rings is 1. The van der Waals surface area contributed by atoms with Gasteiger partial charge in [0.05, 0.1) is 24.3 Å². The largest absolute Gasteiger partial charge is 0.375 e. The van der Waals surface area contributed by atoms with Gasteiger partial charge in [0.25, 0.3) is 0 Å². The third-order valence-electron chi connectivity index (χ3n) is 2.99. The third kappa shape index (κ3) is 2.75. The summed E-state index contributed by atoms with van der Waals surface area (Å²) in [7, 11) is 0. The zero-order chi connectivity index (χ0) is 12.3. The summed E-state index contributed by atoms with van der Waals surface area (Å²) in [6, 6.07) is 5.83. The van der Waals surface area contributed by atoms with Gasteiger partial charge in [-0.2, -0.15) is 5.26 Å². The molecule has 4 nitrogen and oxygen atoms in total. The fourth-order valence-corrected chi connectivity index (χ4v) is 2.05. The van der Waals surface area contributed by atoms with E-state index in [1.807, 2.05) is 13.0 Å². The van der Waals surface area contributed by atoms with Gasteiger partial charge in [0.2, 0.25) is 0 Å². The average molecular weight is 231 g/mol. The number of ether oxygens (including phenoxy) is 1. The first kappa shape index (κ1) is 11.9. The minimum atomic E-state index is 0.275. The van der Waals surface area contributed by atoms with Gasteiger partial charge in [0.15, 0.2) is 0 Å². The number of pyridine rings is 1. The summed E-state index contributed by atoms with van der Waals surface area (Å²) in [4.78, 5) is 6.69. The van der Waals surface area contributed by atoms with E-state index in [0.717, 1.165) is 37.6 Å². The lowest BCUT2D eigenvalue weighted by atomic mass is 10.2. The van der Waals surface area contributed by atoms with Gasteiger partial charge in [0.1, 0.15) is 5.82 Å². The molecule has 4 heteroatoms. The number of rotatable bonds is 2. The maximum Gasteiger partial charge on any atom is 0.130 e. The molecule has 0 aromatic carbocycles. The number of aryl methyl sites for hydroxylation is 1. The predicted octanol–water partition coefficient (Wildman–Crippen LogP) is 1.88. The molecule has 1 aliphatic rings. The number of nitriles is 1. The van der Waals surface area contributed by atoms with E-state index in [1.54, 1.807) is 6.07 Å². The van der Waals surface area contributed by atoms with Crippen molar-refractivity contribution in [3.05, 3.63) is 23.4 Å². The molecule has 1 aromatic rings. The predicted molar refractivity (Wildman–Crippen MR) is 65.9 cm³/mol. The molecule has 0 radical (unpaired) electrons. The van der Waals surface area contributed by atoms with Crippen molar-refractivity contribution in [1.82, 2.24) is 4.98 Å². The lowest BCUT2D eigenvalue weighted by Crippen LogP contribution is -2.42. The molecule has 0 bridgehead atoms. The van der Waals surface area contributed by atoms with Crippen LogP contribution in [0.3, 0.4) is 0 Å². The van der Waals surface area contributed by atoms with Gasteiger partial charge < -0.3 is 9.64 Å². The van der Waals surface area contributed by atoms with Gasteiger partial charge in [-0.15, -0.1) is 0 Å². The molecule has 2 rings (SSSR count). The second kappa shape index (κ2) is 5.15. The van der Waals surface area contributed by atoms with Crippen LogP contribution >= 0.6 is 0 Å². The van der Waals surface area contributed by atoms with E-state index in [2.05, 4.69) is 22.9 Å². The minimum absolute atomic E-state index is 0.275. The van der Waals surface area contributed by atoms with Crippen LogP contribution in [0.15, 0.2) is 12.1 Å². The maximum absolute atomic E-state index is 8.96. The smallest absolute Gasteiger partial charge is 0.130 e. The summed E-state index contributed by atoms with van der Waals surface area (Å²) in [6.45, 7) is 6.48. The van der Waals surface area contributed by atoms with Crippen LogP contribution in [0.1, 0.15) is 24.6 Å². The quantitative estimate of drug-likeness (QED) is 0.779. The highest BCUT2D eigenvalue weighted by atomic mass is 16.5. The van der Waals surface area contributed by atoms with Crippen LogP contribution in [0.2, 0.25) is 0 Å². The Morgan fingerprint density at radius 2 is 2.41 bits per heavy atom. The lowest BCUT2D eigenvalue weighted by Gasteiger charge is -2.33. The number of nitrogens with zero attached hydrogens (tertiary/aromatic N) is 3. The van der Waals surface area contributed by atoms with Gasteiger partial charge in [0, 0.05) is 18.8 Å². The van der Waals surface area contributed by atoms with Crippen molar-refractivity contribution in [2.45, 2.75) is 26.4 Å². The number of hydrogen-bond donors (Lipinski definition) is 0. The molecule has 17 heavy (non-hydrogen) atoms. The monoisotopic (exact) mass is 231 g/mol. The second-order valence-corrected chi connectivity index (χ2v) is 4.31. The standard InChI is InChI=1S/C13H17N3O/c1-3-12-9-16(4-5-17-12)13-7-11(8-14)6-10(2)15-13/h6-7,12H,3-5,9H2,1-2H3. The maximum atomic E-state index is 8.96. The molecule has 1 atom stereocenters. The van der Waals surface area contributed by atoms with E-state index < -0.39 is 0 Å². The normalized spacial score (nSPS) is 20.1. The van der Waals surface area contributed by atoms with Crippen molar-refractivity contribution in [2.24, 2.45) is 0 Å². The van der Waals surface area contributed by atoms with E-state index in [4.69, 9.17) is 10.00 Å². The number of hydrogen-bond acceptors (Lipinski definition) is 4.